The van der Waals surface area contributed by atoms with Crippen LogP contribution in [0.25, 0.3) is 0 Å². The molecule has 0 spiro atoms. The Bertz CT molecular complexity index is 304. The molecule has 1 aliphatic rings. The van der Waals surface area contributed by atoms with Crippen molar-refractivity contribution in [3.63, 3.8) is 0 Å². The van der Waals surface area contributed by atoms with Crippen LogP contribution in [-0.2, 0) is 15.9 Å². The predicted octanol–water partition coefficient (Wildman–Crippen LogP) is 3.60. The summed E-state index contributed by atoms with van der Waals surface area (Å²) in [4.78, 5) is 0. The zero-order valence-electron chi connectivity index (χ0n) is 11.1. The molecule has 0 heterocycles. The normalized spacial score (nSPS) is 16.9. The smallest absolute Gasteiger partial charge is 0.0704 e. The molecule has 0 amide bonds. The minimum Gasteiger partial charge on any atom is -0.379 e. The summed E-state index contributed by atoms with van der Waals surface area (Å²) in [5, 5.41) is 0. The lowest BCUT2D eigenvalue weighted by atomic mass is 9.98. The third kappa shape index (κ3) is 5.19. The Morgan fingerprint density at radius 2 is 1.67 bits per heavy atom. The molecule has 2 nitrogen and oxygen atoms in total. The highest BCUT2D eigenvalue weighted by Gasteiger charge is 2.12. The van der Waals surface area contributed by atoms with E-state index >= 15 is 0 Å². The van der Waals surface area contributed by atoms with Crippen LogP contribution in [-0.4, -0.2) is 25.9 Å². The van der Waals surface area contributed by atoms with E-state index < -0.39 is 0 Å². The summed E-state index contributed by atoms with van der Waals surface area (Å²) in [6, 6.07) is 10.5. The summed E-state index contributed by atoms with van der Waals surface area (Å²) in [6.45, 7) is 2.26. The van der Waals surface area contributed by atoms with E-state index in [1.54, 1.807) is 0 Å². The van der Waals surface area contributed by atoms with Crippen LogP contribution in [0, 0.1) is 0 Å². The minimum absolute atomic E-state index is 0.497. The fourth-order valence-electron chi connectivity index (χ4n) is 2.44. The molecule has 2 heteroatoms. The summed E-state index contributed by atoms with van der Waals surface area (Å²) >= 11 is 0. The van der Waals surface area contributed by atoms with Crippen molar-refractivity contribution in [3.8, 4) is 0 Å². The first-order chi connectivity index (χ1) is 8.95. The molecule has 0 unspecified atom stereocenters. The summed E-state index contributed by atoms with van der Waals surface area (Å²) in [5.74, 6) is 0. The second-order valence-electron chi connectivity index (χ2n) is 4.98. The van der Waals surface area contributed by atoms with Crippen LogP contribution in [0.4, 0.5) is 0 Å². The number of rotatable bonds is 7. The summed E-state index contributed by atoms with van der Waals surface area (Å²) < 4.78 is 11.4. The van der Waals surface area contributed by atoms with E-state index in [-0.39, 0.29) is 0 Å². The summed E-state index contributed by atoms with van der Waals surface area (Å²) in [5.41, 5.74) is 1.34. The molecule has 18 heavy (non-hydrogen) atoms. The lowest BCUT2D eigenvalue weighted by molar-refractivity contribution is -0.00954. The van der Waals surface area contributed by atoms with Gasteiger partial charge in [-0.15, -0.1) is 0 Å². The molecule has 0 N–H and O–H groups in total. The molecule has 100 valence electrons. The quantitative estimate of drug-likeness (QED) is 0.686. The SMILES string of the molecule is c1ccc(CCOCCOC2CCCCC2)cc1. The number of hydrogen-bond donors (Lipinski definition) is 0. The van der Waals surface area contributed by atoms with Crippen molar-refractivity contribution in [2.45, 2.75) is 44.6 Å². The van der Waals surface area contributed by atoms with Crippen molar-refractivity contribution >= 4 is 0 Å². The Hall–Kier alpha value is -0.860. The first-order valence-corrected chi connectivity index (χ1v) is 7.18. The topological polar surface area (TPSA) is 18.5 Å². The van der Waals surface area contributed by atoms with Gasteiger partial charge in [0.2, 0.25) is 0 Å². The summed E-state index contributed by atoms with van der Waals surface area (Å²) in [7, 11) is 0. The monoisotopic (exact) mass is 248 g/mol. The maximum absolute atomic E-state index is 5.81. The van der Waals surface area contributed by atoms with Gasteiger partial charge in [-0.25, -0.2) is 0 Å². The first kappa shape index (κ1) is 13.6. The largest absolute Gasteiger partial charge is 0.379 e. The van der Waals surface area contributed by atoms with Crippen LogP contribution < -0.4 is 0 Å². The molecular formula is C16H24O2. The average Bonchev–Trinajstić information content (AvgIpc) is 2.45. The molecule has 0 saturated heterocycles. The van der Waals surface area contributed by atoms with Gasteiger partial charge in [0.25, 0.3) is 0 Å². The number of benzene rings is 1. The summed E-state index contributed by atoms with van der Waals surface area (Å²) in [6.07, 6.45) is 8.02. The van der Waals surface area contributed by atoms with Gasteiger partial charge >= 0.3 is 0 Å². The van der Waals surface area contributed by atoms with E-state index in [1.165, 1.54) is 37.7 Å². The highest BCUT2D eigenvalue weighted by atomic mass is 16.5. The molecule has 0 atom stereocenters. The minimum atomic E-state index is 0.497. The van der Waals surface area contributed by atoms with E-state index in [1.807, 2.05) is 6.07 Å². The lowest BCUT2D eigenvalue weighted by Gasteiger charge is -2.21. The number of ether oxygens (including phenoxy) is 2. The highest BCUT2D eigenvalue weighted by Crippen LogP contribution is 2.19. The Morgan fingerprint density at radius 3 is 2.44 bits per heavy atom. The Kier molecular flexibility index (Phi) is 6.24. The van der Waals surface area contributed by atoms with Crippen LogP contribution in [0.15, 0.2) is 30.3 Å². The third-order valence-corrected chi connectivity index (χ3v) is 3.51. The van der Waals surface area contributed by atoms with Crippen LogP contribution in [0.2, 0.25) is 0 Å². The second kappa shape index (κ2) is 8.28. The van der Waals surface area contributed by atoms with Crippen molar-refractivity contribution in [1.29, 1.82) is 0 Å². The molecule has 1 saturated carbocycles. The van der Waals surface area contributed by atoms with Gasteiger partial charge in [-0.1, -0.05) is 49.6 Å². The molecule has 1 fully saturated rings. The molecule has 0 aromatic heterocycles. The average molecular weight is 248 g/mol. The van der Waals surface area contributed by atoms with Crippen LogP contribution in [0.1, 0.15) is 37.7 Å². The van der Waals surface area contributed by atoms with Gasteiger partial charge in [-0.3, -0.25) is 0 Å². The van der Waals surface area contributed by atoms with Crippen LogP contribution >= 0.6 is 0 Å². The number of hydrogen-bond acceptors (Lipinski definition) is 2. The van der Waals surface area contributed by atoms with Gasteiger partial charge in [0.1, 0.15) is 0 Å². The van der Waals surface area contributed by atoms with E-state index in [0.717, 1.165) is 26.2 Å². The second-order valence-corrected chi connectivity index (χ2v) is 4.98. The maximum Gasteiger partial charge on any atom is 0.0704 e. The predicted molar refractivity (Wildman–Crippen MR) is 73.8 cm³/mol. The standard InChI is InChI=1S/C16H24O2/c1-3-7-15(8-4-1)11-12-17-13-14-18-16-9-5-2-6-10-16/h1,3-4,7-8,16H,2,5-6,9-14H2. The first-order valence-electron chi connectivity index (χ1n) is 7.18. The van der Waals surface area contributed by atoms with Gasteiger partial charge in [-0.2, -0.15) is 0 Å². The molecule has 2 rings (SSSR count). The molecule has 0 aliphatic heterocycles. The fraction of sp³-hybridized carbons (Fsp3) is 0.625. The van der Waals surface area contributed by atoms with Gasteiger partial charge in [0, 0.05) is 0 Å². The molecule has 0 radical (unpaired) electrons. The fourth-order valence-corrected chi connectivity index (χ4v) is 2.44. The molecular weight excluding hydrogens is 224 g/mol. The maximum atomic E-state index is 5.81. The lowest BCUT2D eigenvalue weighted by Crippen LogP contribution is -2.19. The van der Waals surface area contributed by atoms with Crippen molar-refractivity contribution in [1.82, 2.24) is 0 Å². The molecule has 1 aliphatic carbocycles. The van der Waals surface area contributed by atoms with Crippen LogP contribution in [0.3, 0.4) is 0 Å². The Morgan fingerprint density at radius 1 is 0.889 bits per heavy atom. The van der Waals surface area contributed by atoms with Crippen LogP contribution in [0.5, 0.6) is 0 Å². The van der Waals surface area contributed by atoms with Gasteiger partial charge in [0.15, 0.2) is 0 Å². The van der Waals surface area contributed by atoms with Crippen molar-refractivity contribution in [3.05, 3.63) is 35.9 Å². The van der Waals surface area contributed by atoms with Gasteiger partial charge < -0.3 is 9.47 Å². The zero-order valence-corrected chi connectivity index (χ0v) is 11.1. The van der Waals surface area contributed by atoms with E-state index in [0.29, 0.717) is 6.10 Å². The van der Waals surface area contributed by atoms with E-state index in [2.05, 4.69) is 24.3 Å². The van der Waals surface area contributed by atoms with Gasteiger partial charge in [-0.05, 0) is 24.8 Å². The van der Waals surface area contributed by atoms with E-state index in [4.69, 9.17) is 9.47 Å². The van der Waals surface area contributed by atoms with Crippen molar-refractivity contribution in [2.75, 3.05) is 19.8 Å². The highest BCUT2D eigenvalue weighted by molar-refractivity contribution is 5.14. The molecule has 0 bridgehead atoms. The van der Waals surface area contributed by atoms with Crippen molar-refractivity contribution in [2.24, 2.45) is 0 Å². The Labute approximate surface area is 110 Å². The Balaban J connectivity index is 1.46. The third-order valence-electron chi connectivity index (χ3n) is 3.51. The van der Waals surface area contributed by atoms with Gasteiger partial charge in [0.05, 0.1) is 25.9 Å². The van der Waals surface area contributed by atoms with E-state index in [9.17, 15) is 0 Å². The van der Waals surface area contributed by atoms with Crippen molar-refractivity contribution < 1.29 is 9.47 Å². The molecule has 1 aromatic rings. The molecule has 1 aromatic carbocycles. The zero-order chi connectivity index (χ0) is 12.5.